The van der Waals surface area contributed by atoms with Crippen LogP contribution in [0.15, 0.2) is 53.6 Å². The Labute approximate surface area is 139 Å². The third-order valence-electron chi connectivity index (χ3n) is 3.38. The lowest BCUT2D eigenvalue weighted by atomic mass is 10.1. The molecular formula is C17H16N4OS. The molecule has 0 spiro atoms. The number of aromatic nitrogens is 3. The summed E-state index contributed by atoms with van der Waals surface area (Å²) in [4.78, 5) is 0. The number of nitrogens with one attached hydrogen (secondary N) is 1. The molecule has 23 heavy (non-hydrogen) atoms. The van der Waals surface area contributed by atoms with Crippen molar-refractivity contribution in [2.45, 2.75) is 6.92 Å². The van der Waals surface area contributed by atoms with Crippen molar-refractivity contribution in [2.75, 3.05) is 7.11 Å². The molecule has 0 aliphatic carbocycles. The second-order valence-corrected chi connectivity index (χ2v) is 5.41. The van der Waals surface area contributed by atoms with Crippen LogP contribution >= 0.6 is 12.2 Å². The number of nitrogens with zero attached hydrogens (tertiary/aromatic N) is 3. The minimum Gasteiger partial charge on any atom is -0.496 e. The van der Waals surface area contributed by atoms with Crippen LogP contribution in [0.3, 0.4) is 0 Å². The Kier molecular flexibility index (Phi) is 4.34. The summed E-state index contributed by atoms with van der Waals surface area (Å²) in [6.45, 7) is 2.03. The molecule has 1 N–H and O–H groups in total. The molecule has 3 rings (SSSR count). The van der Waals surface area contributed by atoms with E-state index in [1.165, 1.54) is 0 Å². The van der Waals surface area contributed by atoms with Gasteiger partial charge in [-0.3, -0.25) is 0 Å². The summed E-state index contributed by atoms with van der Waals surface area (Å²) in [6.07, 6.45) is 1.71. The molecule has 0 unspecified atom stereocenters. The normalized spacial score (nSPS) is 11.0. The molecule has 0 radical (unpaired) electrons. The molecule has 0 aliphatic heterocycles. The number of rotatable bonds is 4. The van der Waals surface area contributed by atoms with E-state index < -0.39 is 0 Å². The first-order valence-electron chi connectivity index (χ1n) is 7.11. The molecule has 5 nitrogen and oxygen atoms in total. The molecule has 1 aromatic heterocycles. The standard InChI is InChI=1S/C17H16N4OS/c1-12-6-5-8-13(10-12)16-19-20-17(23)21(16)18-11-14-7-3-4-9-15(14)22-2/h3-11H,1-2H3,(H,20,23)/b18-11-. The van der Waals surface area contributed by atoms with Gasteiger partial charge in [-0.05, 0) is 37.3 Å². The Morgan fingerprint density at radius 2 is 2.04 bits per heavy atom. The lowest BCUT2D eigenvalue weighted by Gasteiger charge is -2.04. The molecule has 3 aromatic rings. The lowest BCUT2D eigenvalue weighted by Crippen LogP contribution is -1.96. The molecule has 0 amide bonds. The fourth-order valence-electron chi connectivity index (χ4n) is 2.26. The van der Waals surface area contributed by atoms with Crippen molar-refractivity contribution in [2.24, 2.45) is 5.10 Å². The maximum atomic E-state index is 5.33. The SMILES string of the molecule is COc1ccccc1/C=N\n1c(-c2cccc(C)c2)n[nH]c1=S. The van der Waals surface area contributed by atoms with Gasteiger partial charge in [0.05, 0.1) is 13.3 Å². The van der Waals surface area contributed by atoms with Gasteiger partial charge in [0, 0.05) is 11.1 Å². The Hall–Kier alpha value is -2.73. The maximum absolute atomic E-state index is 5.33. The Balaban J connectivity index is 2.03. The van der Waals surface area contributed by atoms with E-state index in [0.717, 1.165) is 22.4 Å². The number of benzene rings is 2. The topological polar surface area (TPSA) is 55.2 Å². The zero-order valence-electron chi connectivity index (χ0n) is 12.9. The Bertz CT molecular complexity index is 911. The predicted molar refractivity (Wildman–Crippen MR) is 93.6 cm³/mol. The third-order valence-corrected chi connectivity index (χ3v) is 3.64. The number of aryl methyl sites for hydroxylation is 1. The van der Waals surface area contributed by atoms with Gasteiger partial charge in [0.25, 0.3) is 0 Å². The van der Waals surface area contributed by atoms with E-state index in [9.17, 15) is 0 Å². The van der Waals surface area contributed by atoms with Crippen LogP contribution in [-0.2, 0) is 0 Å². The van der Waals surface area contributed by atoms with Crippen LogP contribution in [0.4, 0.5) is 0 Å². The zero-order valence-corrected chi connectivity index (χ0v) is 13.7. The summed E-state index contributed by atoms with van der Waals surface area (Å²) in [5, 5.41) is 11.5. The molecule has 6 heteroatoms. The summed E-state index contributed by atoms with van der Waals surface area (Å²) in [6, 6.07) is 15.7. The Morgan fingerprint density at radius 3 is 2.83 bits per heavy atom. The smallest absolute Gasteiger partial charge is 0.216 e. The average Bonchev–Trinajstić information content (AvgIpc) is 2.94. The van der Waals surface area contributed by atoms with Crippen molar-refractivity contribution < 1.29 is 4.74 Å². The number of H-pyrrole nitrogens is 1. The number of aromatic amines is 1. The third kappa shape index (κ3) is 3.22. The number of hydrogen-bond donors (Lipinski definition) is 1. The molecule has 0 atom stereocenters. The van der Waals surface area contributed by atoms with Crippen LogP contribution in [0, 0.1) is 11.7 Å². The van der Waals surface area contributed by atoms with Gasteiger partial charge >= 0.3 is 0 Å². The van der Waals surface area contributed by atoms with Gasteiger partial charge in [-0.1, -0.05) is 35.9 Å². The summed E-state index contributed by atoms with van der Waals surface area (Å²) in [5.41, 5.74) is 2.97. The van der Waals surface area contributed by atoms with E-state index in [-0.39, 0.29) is 0 Å². The lowest BCUT2D eigenvalue weighted by molar-refractivity contribution is 0.414. The van der Waals surface area contributed by atoms with Crippen LogP contribution in [0.2, 0.25) is 0 Å². The highest BCUT2D eigenvalue weighted by Crippen LogP contribution is 2.19. The Morgan fingerprint density at radius 1 is 1.22 bits per heavy atom. The van der Waals surface area contributed by atoms with Crippen LogP contribution in [0.1, 0.15) is 11.1 Å². The molecule has 0 saturated heterocycles. The number of para-hydroxylation sites is 1. The molecule has 2 aromatic carbocycles. The first-order chi connectivity index (χ1) is 11.2. The highest BCUT2D eigenvalue weighted by atomic mass is 32.1. The van der Waals surface area contributed by atoms with E-state index in [2.05, 4.69) is 15.3 Å². The average molecular weight is 324 g/mol. The van der Waals surface area contributed by atoms with Crippen LogP contribution < -0.4 is 4.74 Å². The van der Waals surface area contributed by atoms with E-state index in [4.69, 9.17) is 17.0 Å². The molecule has 116 valence electrons. The minimum atomic E-state index is 0.438. The van der Waals surface area contributed by atoms with Gasteiger partial charge in [0.2, 0.25) is 4.77 Å². The van der Waals surface area contributed by atoms with Crippen molar-refractivity contribution >= 4 is 18.4 Å². The summed E-state index contributed by atoms with van der Waals surface area (Å²) >= 11 is 5.28. The molecular weight excluding hydrogens is 308 g/mol. The molecule has 0 aliphatic rings. The summed E-state index contributed by atoms with van der Waals surface area (Å²) in [7, 11) is 1.63. The monoisotopic (exact) mass is 324 g/mol. The highest BCUT2D eigenvalue weighted by molar-refractivity contribution is 7.71. The van der Waals surface area contributed by atoms with E-state index >= 15 is 0 Å². The molecule has 0 saturated carbocycles. The molecule has 0 fully saturated rings. The summed E-state index contributed by atoms with van der Waals surface area (Å²) < 4.78 is 7.37. The second-order valence-electron chi connectivity index (χ2n) is 5.02. The van der Waals surface area contributed by atoms with Crippen LogP contribution in [0.25, 0.3) is 11.4 Å². The minimum absolute atomic E-state index is 0.438. The van der Waals surface area contributed by atoms with Crippen molar-refractivity contribution in [3.8, 4) is 17.1 Å². The highest BCUT2D eigenvalue weighted by Gasteiger charge is 2.08. The van der Waals surface area contributed by atoms with Gasteiger partial charge in [-0.15, -0.1) is 0 Å². The number of hydrogen-bond acceptors (Lipinski definition) is 4. The predicted octanol–water partition coefficient (Wildman–Crippen LogP) is 3.81. The zero-order chi connectivity index (χ0) is 16.2. The van der Waals surface area contributed by atoms with Gasteiger partial charge in [0.1, 0.15) is 5.75 Å². The van der Waals surface area contributed by atoms with Gasteiger partial charge < -0.3 is 4.74 Å². The first-order valence-corrected chi connectivity index (χ1v) is 7.51. The molecule has 1 heterocycles. The summed E-state index contributed by atoms with van der Waals surface area (Å²) in [5.74, 6) is 1.42. The quantitative estimate of drug-likeness (QED) is 0.586. The van der Waals surface area contributed by atoms with E-state index in [1.54, 1.807) is 18.0 Å². The van der Waals surface area contributed by atoms with Crippen LogP contribution in [-0.4, -0.2) is 28.2 Å². The second kappa shape index (κ2) is 6.58. The van der Waals surface area contributed by atoms with Gasteiger partial charge in [-0.2, -0.15) is 14.9 Å². The fourth-order valence-corrected chi connectivity index (χ4v) is 2.44. The van der Waals surface area contributed by atoms with Gasteiger partial charge in [0.15, 0.2) is 5.82 Å². The fraction of sp³-hybridized carbons (Fsp3) is 0.118. The first kappa shape index (κ1) is 15.2. The van der Waals surface area contributed by atoms with Crippen molar-refractivity contribution in [1.82, 2.24) is 14.9 Å². The van der Waals surface area contributed by atoms with Gasteiger partial charge in [-0.25, -0.2) is 5.10 Å². The van der Waals surface area contributed by atoms with Crippen LogP contribution in [0.5, 0.6) is 5.75 Å². The maximum Gasteiger partial charge on any atom is 0.216 e. The van der Waals surface area contributed by atoms with Crippen molar-refractivity contribution in [3.05, 3.63) is 64.4 Å². The van der Waals surface area contributed by atoms with E-state index in [0.29, 0.717) is 10.6 Å². The number of ether oxygens (including phenoxy) is 1. The number of methoxy groups -OCH3 is 1. The largest absolute Gasteiger partial charge is 0.496 e. The van der Waals surface area contributed by atoms with E-state index in [1.807, 2.05) is 55.5 Å². The van der Waals surface area contributed by atoms with Crippen molar-refractivity contribution in [1.29, 1.82) is 0 Å². The van der Waals surface area contributed by atoms with Crippen molar-refractivity contribution in [3.63, 3.8) is 0 Å². The molecule has 0 bridgehead atoms.